The Morgan fingerprint density at radius 1 is 1.47 bits per heavy atom. The molecular weight excluding hydrogens is 252 g/mol. The summed E-state index contributed by atoms with van der Waals surface area (Å²) in [6, 6.07) is 4.24. The SMILES string of the molecule is COc1ccc([N+](=O)[O-])cc1OCC(=O)NC1CC1. The molecule has 1 aromatic carbocycles. The van der Waals surface area contributed by atoms with Gasteiger partial charge in [-0.3, -0.25) is 14.9 Å². The van der Waals surface area contributed by atoms with Gasteiger partial charge in [0.1, 0.15) is 0 Å². The van der Waals surface area contributed by atoms with Crippen molar-refractivity contribution in [3.8, 4) is 11.5 Å². The quantitative estimate of drug-likeness (QED) is 0.618. The number of carbonyl (C=O) groups excluding carboxylic acids is 1. The van der Waals surface area contributed by atoms with Crippen molar-refractivity contribution >= 4 is 11.6 Å². The number of carbonyl (C=O) groups is 1. The Balaban J connectivity index is 2.01. The lowest BCUT2D eigenvalue weighted by molar-refractivity contribution is -0.385. The Hall–Kier alpha value is -2.31. The molecule has 0 aliphatic heterocycles. The van der Waals surface area contributed by atoms with E-state index in [4.69, 9.17) is 9.47 Å². The van der Waals surface area contributed by atoms with E-state index in [1.807, 2.05) is 0 Å². The van der Waals surface area contributed by atoms with Gasteiger partial charge in [0.15, 0.2) is 18.1 Å². The minimum atomic E-state index is -0.531. The molecule has 1 N–H and O–H groups in total. The largest absolute Gasteiger partial charge is 0.493 e. The lowest BCUT2D eigenvalue weighted by Gasteiger charge is -2.10. The third-order valence-electron chi connectivity index (χ3n) is 2.66. The highest BCUT2D eigenvalue weighted by Gasteiger charge is 2.23. The number of hydrogen-bond donors (Lipinski definition) is 1. The standard InChI is InChI=1S/C12H14N2O5/c1-18-10-5-4-9(14(16)17)6-11(10)19-7-12(15)13-8-2-3-8/h4-6,8H,2-3,7H2,1H3,(H,13,15). The van der Waals surface area contributed by atoms with Crippen molar-refractivity contribution in [2.75, 3.05) is 13.7 Å². The van der Waals surface area contributed by atoms with Crippen LogP contribution in [0.1, 0.15) is 12.8 Å². The summed E-state index contributed by atoms with van der Waals surface area (Å²) in [7, 11) is 1.43. The van der Waals surface area contributed by atoms with Crippen molar-refractivity contribution in [2.45, 2.75) is 18.9 Å². The van der Waals surface area contributed by atoms with Crippen molar-refractivity contribution in [3.63, 3.8) is 0 Å². The van der Waals surface area contributed by atoms with E-state index >= 15 is 0 Å². The number of ether oxygens (including phenoxy) is 2. The van der Waals surface area contributed by atoms with E-state index in [1.54, 1.807) is 0 Å². The Morgan fingerprint density at radius 3 is 2.79 bits per heavy atom. The maximum Gasteiger partial charge on any atom is 0.273 e. The Bertz CT molecular complexity index is 499. The van der Waals surface area contributed by atoms with Gasteiger partial charge in [-0.25, -0.2) is 0 Å². The first-order chi connectivity index (χ1) is 9.10. The summed E-state index contributed by atoms with van der Waals surface area (Å²) in [6.45, 7) is -0.186. The summed E-state index contributed by atoms with van der Waals surface area (Å²) in [6.07, 6.45) is 1.98. The van der Waals surface area contributed by atoms with E-state index in [0.717, 1.165) is 12.8 Å². The van der Waals surface area contributed by atoms with Gasteiger partial charge in [-0.1, -0.05) is 0 Å². The summed E-state index contributed by atoms with van der Waals surface area (Å²) in [5.74, 6) is 0.295. The number of nitro groups is 1. The zero-order chi connectivity index (χ0) is 13.8. The average molecular weight is 266 g/mol. The monoisotopic (exact) mass is 266 g/mol. The summed E-state index contributed by atoms with van der Waals surface area (Å²) in [5, 5.41) is 13.4. The molecule has 7 nitrogen and oxygen atoms in total. The number of nitrogens with one attached hydrogen (secondary N) is 1. The van der Waals surface area contributed by atoms with Gasteiger partial charge in [-0.05, 0) is 18.9 Å². The van der Waals surface area contributed by atoms with Crippen molar-refractivity contribution < 1.29 is 19.2 Å². The third-order valence-corrected chi connectivity index (χ3v) is 2.66. The first-order valence-corrected chi connectivity index (χ1v) is 5.84. The van der Waals surface area contributed by atoms with E-state index in [2.05, 4.69) is 5.32 Å². The number of benzene rings is 1. The highest BCUT2D eigenvalue weighted by molar-refractivity contribution is 5.78. The van der Waals surface area contributed by atoms with Gasteiger partial charge >= 0.3 is 0 Å². The number of nitro benzene ring substituents is 1. The van der Waals surface area contributed by atoms with E-state index in [-0.39, 0.29) is 30.0 Å². The molecule has 7 heteroatoms. The summed E-state index contributed by atoms with van der Waals surface area (Å²) >= 11 is 0. The molecule has 0 atom stereocenters. The van der Waals surface area contributed by atoms with E-state index in [1.165, 1.54) is 25.3 Å². The summed E-state index contributed by atoms with van der Waals surface area (Å²) in [4.78, 5) is 21.6. The van der Waals surface area contributed by atoms with Crippen molar-refractivity contribution in [3.05, 3.63) is 28.3 Å². The summed E-state index contributed by atoms with van der Waals surface area (Å²) in [5.41, 5.74) is -0.113. The van der Waals surface area contributed by atoms with Gasteiger partial charge < -0.3 is 14.8 Å². The topological polar surface area (TPSA) is 90.7 Å². The number of nitrogens with zero attached hydrogens (tertiary/aromatic N) is 1. The minimum Gasteiger partial charge on any atom is -0.493 e. The molecule has 1 amide bonds. The number of amides is 1. The van der Waals surface area contributed by atoms with E-state index in [0.29, 0.717) is 5.75 Å². The van der Waals surface area contributed by atoms with Crippen LogP contribution in [0.4, 0.5) is 5.69 Å². The molecule has 0 spiro atoms. The molecule has 2 rings (SSSR count). The van der Waals surface area contributed by atoms with Gasteiger partial charge in [0.25, 0.3) is 11.6 Å². The van der Waals surface area contributed by atoms with Gasteiger partial charge in [-0.15, -0.1) is 0 Å². The minimum absolute atomic E-state index is 0.113. The van der Waals surface area contributed by atoms with Gasteiger partial charge in [-0.2, -0.15) is 0 Å². The van der Waals surface area contributed by atoms with Crippen LogP contribution >= 0.6 is 0 Å². The fraction of sp³-hybridized carbons (Fsp3) is 0.417. The first-order valence-electron chi connectivity index (χ1n) is 5.84. The highest BCUT2D eigenvalue weighted by atomic mass is 16.6. The van der Waals surface area contributed by atoms with E-state index < -0.39 is 4.92 Å². The zero-order valence-electron chi connectivity index (χ0n) is 10.4. The Morgan fingerprint density at radius 2 is 2.21 bits per heavy atom. The highest BCUT2D eigenvalue weighted by Crippen LogP contribution is 2.31. The molecule has 0 radical (unpaired) electrons. The molecule has 0 saturated heterocycles. The number of non-ortho nitro benzene ring substituents is 1. The van der Waals surface area contributed by atoms with Crippen molar-refractivity contribution in [1.29, 1.82) is 0 Å². The Kier molecular flexibility index (Phi) is 3.84. The predicted molar refractivity (Wildman–Crippen MR) is 66.3 cm³/mol. The van der Waals surface area contributed by atoms with Crippen LogP contribution in [-0.4, -0.2) is 30.6 Å². The second-order valence-corrected chi connectivity index (χ2v) is 4.22. The van der Waals surface area contributed by atoms with Crippen LogP contribution < -0.4 is 14.8 Å². The van der Waals surface area contributed by atoms with Crippen LogP contribution in [0, 0.1) is 10.1 Å². The number of methoxy groups -OCH3 is 1. The molecular formula is C12H14N2O5. The molecule has 1 aliphatic rings. The van der Waals surface area contributed by atoms with E-state index in [9.17, 15) is 14.9 Å². The average Bonchev–Trinajstić information content (AvgIpc) is 3.19. The fourth-order valence-corrected chi connectivity index (χ4v) is 1.53. The molecule has 1 aliphatic carbocycles. The second-order valence-electron chi connectivity index (χ2n) is 4.22. The molecule has 102 valence electrons. The third kappa shape index (κ3) is 3.57. The summed E-state index contributed by atoms with van der Waals surface area (Å²) < 4.78 is 10.3. The molecule has 0 bridgehead atoms. The lowest BCUT2D eigenvalue weighted by atomic mass is 10.3. The van der Waals surface area contributed by atoms with Crippen LogP contribution in [0.25, 0.3) is 0 Å². The van der Waals surface area contributed by atoms with Gasteiger partial charge in [0.05, 0.1) is 18.1 Å². The fourth-order valence-electron chi connectivity index (χ4n) is 1.53. The normalized spacial score (nSPS) is 13.7. The zero-order valence-corrected chi connectivity index (χ0v) is 10.4. The molecule has 0 heterocycles. The van der Waals surface area contributed by atoms with Crippen LogP contribution in [0.15, 0.2) is 18.2 Å². The van der Waals surface area contributed by atoms with Gasteiger partial charge in [0.2, 0.25) is 0 Å². The Labute approximate surface area is 109 Å². The molecule has 1 saturated carbocycles. The molecule has 0 aromatic heterocycles. The predicted octanol–water partition coefficient (Wildman–Crippen LogP) is 1.26. The van der Waals surface area contributed by atoms with Crippen molar-refractivity contribution in [1.82, 2.24) is 5.32 Å². The molecule has 1 fully saturated rings. The molecule has 1 aromatic rings. The van der Waals surface area contributed by atoms with Crippen LogP contribution in [-0.2, 0) is 4.79 Å². The smallest absolute Gasteiger partial charge is 0.273 e. The first kappa shape index (κ1) is 13.1. The lowest BCUT2D eigenvalue weighted by Crippen LogP contribution is -2.30. The molecule has 19 heavy (non-hydrogen) atoms. The number of rotatable bonds is 6. The van der Waals surface area contributed by atoms with Gasteiger partial charge in [0, 0.05) is 12.1 Å². The number of hydrogen-bond acceptors (Lipinski definition) is 5. The van der Waals surface area contributed by atoms with Crippen molar-refractivity contribution in [2.24, 2.45) is 0 Å². The maximum absolute atomic E-state index is 11.5. The van der Waals surface area contributed by atoms with Crippen LogP contribution in [0.3, 0.4) is 0 Å². The van der Waals surface area contributed by atoms with Crippen LogP contribution in [0.2, 0.25) is 0 Å². The second kappa shape index (κ2) is 5.55. The molecule has 0 unspecified atom stereocenters. The maximum atomic E-state index is 11.5. The van der Waals surface area contributed by atoms with Crippen LogP contribution in [0.5, 0.6) is 11.5 Å².